The van der Waals surface area contributed by atoms with Crippen LogP contribution < -0.4 is 4.74 Å². The van der Waals surface area contributed by atoms with Gasteiger partial charge in [-0.25, -0.2) is 0 Å². The van der Waals surface area contributed by atoms with Gasteiger partial charge in [-0.1, -0.05) is 24.3 Å². The van der Waals surface area contributed by atoms with Crippen molar-refractivity contribution >= 4 is 12.2 Å². The lowest BCUT2D eigenvalue weighted by atomic mass is 10.2. The van der Waals surface area contributed by atoms with Gasteiger partial charge in [0.2, 0.25) is 0 Å². The summed E-state index contributed by atoms with van der Waals surface area (Å²) < 4.78 is 15.8. The normalized spacial score (nSPS) is 11.2. The minimum Gasteiger partial charge on any atom is -0.488 e. The molecule has 1 aromatic carbocycles. The first-order chi connectivity index (χ1) is 10.3. The highest BCUT2D eigenvalue weighted by Gasteiger charge is 2.05. The molecule has 0 bridgehead atoms. The number of methoxy groups -OCH3 is 2. The molecule has 0 atom stereocenters. The van der Waals surface area contributed by atoms with E-state index in [9.17, 15) is 0 Å². The molecule has 4 heteroatoms. The predicted octanol–water partition coefficient (Wildman–Crippen LogP) is 3.25. The highest BCUT2D eigenvalue weighted by atomic mass is 16.7. The molecule has 21 heavy (non-hydrogen) atoms. The van der Waals surface area contributed by atoms with Crippen molar-refractivity contribution in [3.8, 4) is 5.75 Å². The van der Waals surface area contributed by atoms with Crippen LogP contribution in [0.15, 0.2) is 48.7 Å². The molecular formula is C17H19NO3. The molecule has 1 aromatic heterocycles. The first-order valence-corrected chi connectivity index (χ1v) is 6.69. The Morgan fingerprint density at radius 2 is 1.90 bits per heavy atom. The van der Waals surface area contributed by atoms with E-state index in [0.717, 1.165) is 17.0 Å². The standard InChI is InChI=1S/C17H19NO3/c1-19-17(20-2)13-21-16-8-5-6-14(12-16)9-10-15-7-3-4-11-18-15/h3-12,17H,13H2,1-2H3/b10-9+. The second-order valence-electron chi connectivity index (χ2n) is 4.37. The van der Waals surface area contributed by atoms with Crippen molar-refractivity contribution in [3.05, 3.63) is 59.9 Å². The highest BCUT2D eigenvalue weighted by Crippen LogP contribution is 2.16. The lowest BCUT2D eigenvalue weighted by Gasteiger charge is -2.14. The van der Waals surface area contributed by atoms with E-state index in [-0.39, 0.29) is 6.29 Å². The summed E-state index contributed by atoms with van der Waals surface area (Å²) in [6.45, 7) is 0.348. The van der Waals surface area contributed by atoms with Crippen LogP contribution in [0.3, 0.4) is 0 Å². The Morgan fingerprint density at radius 3 is 2.62 bits per heavy atom. The molecule has 4 nitrogen and oxygen atoms in total. The van der Waals surface area contributed by atoms with Crippen LogP contribution in [0.25, 0.3) is 12.2 Å². The monoisotopic (exact) mass is 285 g/mol. The zero-order valence-electron chi connectivity index (χ0n) is 12.2. The SMILES string of the molecule is COC(COc1cccc(/C=C/c2ccccn2)c1)OC. The summed E-state index contributed by atoms with van der Waals surface area (Å²) in [4.78, 5) is 4.25. The van der Waals surface area contributed by atoms with Crippen molar-refractivity contribution < 1.29 is 14.2 Å². The smallest absolute Gasteiger partial charge is 0.191 e. The zero-order valence-corrected chi connectivity index (χ0v) is 12.2. The molecule has 0 spiro atoms. The fourth-order valence-electron chi connectivity index (χ4n) is 1.76. The van der Waals surface area contributed by atoms with E-state index in [1.54, 1.807) is 20.4 Å². The minimum absolute atomic E-state index is 0.348. The third-order valence-electron chi connectivity index (χ3n) is 2.90. The molecule has 0 amide bonds. The van der Waals surface area contributed by atoms with Gasteiger partial charge in [0.05, 0.1) is 5.69 Å². The van der Waals surface area contributed by atoms with Crippen LogP contribution in [0.5, 0.6) is 5.75 Å². The molecule has 110 valence electrons. The van der Waals surface area contributed by atoms with E-state index in [1.165, 1.54) is 0 Å². The van der Waals surface area contributed by atoms with Gasteiger partial charge in [-0.2, -0.15) is 0 Å². The number of aromatic nitrogens is 1. The molecule has 1 heterocycles. The summed E-state index contributed by atoms with van der Waals surface area (Å²) in [7, 11) is 3.17. The van der Waals surface area contributed by atoms with Crippen LogP contribution in [0.2, 0.25) is 0 Å². The van der Waals surface area contributed by atoms with Crippen molar-refractivity contribution in [2.24, 2.45) is 0 Å². The van der Waals surface area contributed by atoms with Gasteiger partial charge < -0.3 is 14.2 Å². The Labute approximate surface area is 125 Å². The molecule has 0 saturated heterocycles. The highest BCUT2D eigenvalue weighted by molar-refractivity contribution is 5.68. The van der Waals surface area contributed by atoms with E-state index in [2.05, 4.69) is 4.98 Å². The quantitative estimate of drug-likeness (QED) is 0.732. The largest absolute Gasteiger partial charge is 0.488 e. The van der Waals surface area contributed by atoms with E-state index >= 15 is 0 Å². The summed E-state index contributed by atoms with van der Waals surface area (Å²) in [5.74, 6) is 0.775. The van der Waals surface area contributed by atoms with Gasteiger partial charge in [0.25, 0.3) is 0 Å². The Kier molecular flexibility index (Phi) is 5.94. The number of nitrogens with zero attached hydrogens (tertiary/aromatic N) is 1. The summed E-state index contributed by atoms with van der Waals surface area (Å²) in [5.41, 5.74) is 1.96. The van der Waals surface area contributed by atoms with Crippen LogP contribution in [-0.4, -0.2) is 32.1 Å². The van der Waals surface area contributed by atoms with E-state index in [4.69, 9.17) is 14.2 Å². The molecule has 0 aliphatic heterocycles. The van der Waals surface area contributed by atoms with Crippen molar-refractivity contribution in [1.82, 2.24) is 4.98 Å². The molecule has 0 unspecified atom stereocenters. The number of pyridine rings is 1. The summed E-state index contributed by atoms with van der Waals surface area (Å²) in [5, 5.41) is 0. The van der Waals surface area contributed by atoms with Crippen LogP contribution in [-0.2, 0) is 9.47 Å². The molecule has 0 radical (unpaired) electrons. The molecule has 0 fully saturated rings. The number of hydrogen-bond donors (Lipinski definition) is 0. The third-order valence-corrected chi connectivity index (χ3v) is 2.90. The van der Waals surface area contributed by atoms with E-state index in [1.807, 2.05) is 54.6 Å². The number of rotatable bonds is 7. The van der Waals surface area contributed by atoms with Crippen LogP contribution in [0.4, 0.5) is 0 Å². The van der Waals surface area contributed by atoms with Crippen molar-refractivity contribution in [1.29, 1.82) is 0 Å². The van der Waals surface area contributed by atoms with Gasteiger partial charge in [0.1, 0.15) is 12.4 Å². The van der Waals surface area contributed by atoms with Crippen LogP contribution in [0, 0.1) is 0 Å². The topological polar surface area (TPSA) is 40.6 Å². The maximum atomic E-state index is 5.64. The maximum absolute atomic E-state index is 5.64. The first-order valence-electron chi connectivity index (χ1n) is 6.69. The Bertz CT molecular complexity index is 565. The average Bonchev–Trinajstić information content (AvgIpc) is 2.55. The number of benzene rings is 1. The summed E-state index contributed by atoms with van der Waals surface area (Å²) in [6.07, 6.45) is 5.37. The third kappa shape index (κ3) is 5.02. The van der Waals surface area contributed by atoms with Crippen LogP contribution >= 0.6 is 0 Å². The maximum Gasteiger partial charge on any atom is 0.191 e. The lowest BCUT2D eigenvalue weighted by molar-refractivity contribution is -0.121. The van der Waals surface area contributed by atoms with Crippen LogP contribution in [0.1, 0.15) is 11.3 Å². The van der Waals surface area contributed by atoms with Crippen molar-refractivity contribution in [2.45, 2.75) is 6.29 Å². The summed E-state index contributed by atoms with van der Waals surface area (Å²) >= 11 is 0. The van der Waals surface area contributed by atoms with Gasteiger partial charge in [-0.3, -0.25) is 4.98 Å². The first kappa shape index (κ1) is 15.2. The Balaban J connectivity index is 1.99. The van der Waals surface area contributed by atoms with Crippen molar-refractivity contribution in [2.75, 3.05) is 20.8 Å². The zero-order chi connectivity index (χ0) is 14.9. The molecular weight excluding hydrogens is 266 g/mol. The predicted molar refractivity (Wildman–Crippen MR) is 82.9 cm³/mol. The van der Waals surface area contributed by atoms with Gasteiger partial charge >= 0.3 is 0 Å². The van der Waals surface area contributed by atoms with Gasteiger partial charge in [-0.05, 0) is 35.9 Å². The van der Waals surface area contributed by atoms with Crippen molar-refractivity contribution in [3.63, 3.8) is 0 Å². The molecule has 0 saturated carbocycles. The number of hydrogen-bond acceptors (Lipinski definition) is 4. The lowest BCUT2D eigenvalue weighted by Crippen LogP contribution is -2.21. The fourth-order valence-corrected chi connectivity index (χ4v) is 1.76. The fraction of sp³-hybridized carbons (Fsp3) is 0.235. The molecule has 2 aromatic rings. The molecule has 0 aliphatic carbocycles. The van der Waals surface area contributed by atoms with Gasteiger partial charge in [0, 0.05) is 20.4 Å². The second-order valence-corrected chi connectivity index (χ2v) is 4.37. The molecule has 2 rings (SSSR count). The van der Waals surface area contributed by atoms with E-state index in [0.29, 0.717) is 6.61 Å². The van der Waals surface area contributed by atoms with Gasteiger partial charge in [-0.15, -0.1) is 0 Å². The molecule has 0 N–H and O–H groups in total. The average molecular weight is 285 g/mol. The second kappa shape index (κ2) is 8.19. The van der Waals surface area contributed by atoms with Gasteiger partial charge in [0.15, 0.2) is 6.29 Å². The molecule has 0 aliphatic rings. The summed E-state index contributed by atoms with van der Waals surface area (Å²) in [6, 6.07) is 13.6. The number of ether oxygens (including phenoxy) is 3. The minimum atomic E-state index is -0.363. The Hall–Kier alpha value is -2.17. The van der Waals surface area contributed by atoms with E-state index < -0.39 is 0 Å². The Morgan fingerprint density at radius 1 is 1.05 bits per heavy atom.